The normalized spacial score (nSPS) is 26.0. The second kappa shape index (κ2) is 7.08. The standard InChI is InChI=1S/C22H25N3O3/c1-14-23-10-9-20(24-14)28-12-16-11-25(22(26)15-5-4-6-15)21-17-7-2-3-8-19(17)27-13-18(16)21/h2-3,7-10,15-16,18,21H,4-6,11-13H2,1H3/t16-,18-,21-/m0/s1. The minimum atomic E-state index is 0.0822. The lowest BCUT2D eigenvalue weighted by Crippen LogP contribution is -2.40. The highest BCUT2D eigenvalue weighted by atomic mass is 16.5. The Morgan fingerprint density at radius 1 is 1.29 bits per heavy atom. The van der Waals surface area contributed by atoms with Crippen molar-refractivity contribution in [3.63, 3.8) is 0 Å². The molecule has 2 fully saturated rings. The van der Waals surface area contributed by atoms with Gasteiger partial charge < -0.3 is 14.4 Å². The number of fused-ring (bicyclic) bond motifs is 3. The van der Waals surface area contributed by atoms with Gasteiger partial charge in [-0.15, -0.1) is 0 Å². The molecule has 0 radical (unpaired) electrons. The number of amides is 1. The maximum absolute atomic E-state index is 13.2. The Hall–Kier alpha value is -2.63. The van der Waals surface area contributed by atoms with Crippen LogP contribution in [0.25, 0.3) is 0 Å². The summed E-state index contributed by atoms with van der Waals surface area (Å²) >= 11 is 0. The Morgan fingerprint density at radius 3 is 2.93 bits per heavy atom. The SMILES string of the molecule is Cc1nccc(OC[C@@H]2CN(C(=O)C3CCC3)[C@H]3c4ccccc4OC[C@@H]23)n1. The molecular formula is C22H25N3O3. The molecule has 3 atom stereocenters. The Labute approximate surface area is 164 Å². The first-order valence-electron chi connectivity index (χ1n) is 10.2. The quantitative estimate of drug-likeness (QED) is 0.816. The largest absolute Gasteiger partial charge is 0.493 e. The molecule has 28 heavy (non-hydrogen) atoms. The molecule has 0 spiro atoms. The predicted molar refractivity (Wildman–Crippen MR) is 103 cm³/mol. The van der Waals surface area contributed by atoms with Crippen molar-refractivity contribution in [1.82, 2.24) is 14.9 Å². The van der Waals surface area contributed by atoms with Crippen LogP contribution >= 0.6 is 0 Å². The van der Waals surface area contributed by atoms with Crippen molar-refractivity contribution < 1.29 is 14.3 Å². The summed E-state index contributed by atoms with van der Waals surface area (Å²) in [7, 11) is 0. The molecule has 1 amide bonds. The van der Waals surface area contributed by atoms with Crippen LogP contribution in [0, 0.1) is 24.7 Å². The van der Waals surface area contributed by atoms with Crippen molar-refractivity contribution in [2.45, 2.75) is 32.2 Å². The number of carbonyl (C=O) groups is 1. The van der Waals surface area contributed by atoms with E-state index in [2.05, 4.69) is 20.9 Å². The van der Waals surface area contributed by atoms with Gasteiger partial charge in [0.1, 0.15) is 11.6 Å². The summed E-state index contributed by atoms with van der Waals surface area (Å²) in [6.45, 7) is 3.71. The molecule has 1 aliphatic carbocycles. The first kappa shape index (κ1) is 17.5. The van der Waals surface area contributed by atoms with E-state index in [-0.39, 0.29) is 23.8 Å². The lowest BCUT2D eigenvalue weighted by molar-refractivity contribution is -0.139. The van der Waals surface area contributed by atoms with Crippen molar-refractivity contribution in [3.05, 3.63) is 47.9 Å². The highest BCUT2D eigenvalue weighted by Crippen LogP contribution is 2.48. The van der Waals surface area contributed by atoms with E-state index >= 15 is 0 Å². The molecule has 2 aromatic rings. The van der Waals surface area contributed by atoms with Gasteiger partial charge in [-0.25, -0.2) is 4.98 Å². The first-order valence-corrected chi connectivity index (χ1v) is 10.2. The number of carbonyl (C=O) groups excluding carboxylic acids is 1. The zero-order valence-electron chi connectivity index (χ0n) is 16.1. The Balaban J connectivity index is 1.40. The van der Waals surface area contributed by atoms with Crippen LogP contribution in [0.5, 0.6) is 11.6 Å². The average molecular weight is 379 g/mol. The fourth-order valence-corrected chi connectivity index (χ4v) is 4.66. The Bertz CT molecular complexity index is 883. The number of hydrogen-bond acceptors (Lipinski definition) is 5. The predicted octanol–water partition coefficient (Wildman–Crippen LogP) is 3.17. The van der Waals surface area contributed by atoms with Gasteiger partial charge in [-0.3, -0.25) is 4.79 Å². The van der Waals surface area contributed by atoms with E-state index in [4.69, 9.17) is 9.47 Å². The molecule has 6 heteroatoms. The van der Waals surface area contributed by atoms with Gasteiger partial charge in [-0.1, -0.05) is 24.6 Å². The molecule has 0 bridgehead atoms. The van der Waals surface area contributed by atoms with Crippen LogP contribution < -0.4 is 9.47 Å². The van der Waals surface area contributed by atoms with Gasteiger partial charge >= 0.3 is 0 Å². The zero-order chi connectivity index (χ0) is 19.1. The number of rotatable bonds is 4. The summed E-state index contributed by atoms with van der Waals surface area (Å²) in [6.07, 6.45) is 4.91. The molecule has 1 saturated heterocycles. The van der Waals surface area contributed by atoms with E-state index in [1.165, 1.54) is 0 Å². The maximum Gasteiger partial charge on any atom is 0.226 e. The van der Waals surface area contributed by atoms with Crippen LogP contribution in [0.4, 0.5) is 0 Å². The van der Waals surface area contributed by atoms with Gasteiger partial charge in [0, 0.05) is 42.1 Å². The van der Waals surface area contributed by atoms with Crippen LogP contribution in [0.15, 0.2) is 36.5 Å². The third-order valence-corrected chi connectivity index (χ3v) is 6.38. The van der Waals surface area contributed by atoms with Gasteiger partial charge in [-0.05, 0) is 25.8 Å². The van der Waals surface area contributed by atoms with E-state index in [9.17, 15) is 4.79 Å². The molecule has 1 aromatic carbocycles. The van der Waals surface area contributed by atoms with Crippen LogP contribution in [-0.2, 0) is 4.79 Å². The molecule has 5 rings (SSSR count). The average Bonchev–Trinajstić information content (AvgIpc) is 3.04. The first-order chi connectivity index (χ1) is 13.7. The fraction of sp³-hybridized carbons (Fsp3) is 0.500. The number of nitrogens with zero attached hydrogens (tertiary/aromatic N) is 3. The van der Waals surface area contributed by atoms with E-state index in [1.54, 1.807) is 12.3 Å². The Morgan fingerprint density at radius 2 is 2.14 bits per heavy atom. The monoisotopic (exact) mass is 379 g/mol. The highest BCUT2D eigenvalue weighted by Gasteiger charge is 2.49. The summed E-state index contributed by atoms with van der Waals surface area (Å²) < 4.78 is 12.0. The van der Waals surface area contributed by atoms with Crippen LogP contribution in [0.2, 0.25) is 0 Å². The summed E-state index contributed by atoms with van der Waals surface area (Å²) in [5.41, 5.74) is 1.13. The summed E-state index contributed by atoms with van der Waals surface area (Å²) in [5.74, 6) is 3.14. The molecular weight excluding hydrogens is 354 g/mol. The van der Waals surface area contributed by atoms with Crippen molar-refractivity contribution in [2.24, 2.45) is 17.8 Å². The molecule has 3 heterocycles. The lowest BCUT2D eigenvalue weighted by Gasteiger charge is -2.37. The lowest BCUT2D eigenvalue weighted by atomic mass is 9.83. The molecule has 2 aliphatic heterocycles. The zero-order valence-corrected chi connectivity index (χ0v) is 16.1. The van der Waals surface area contributed by atoms with Crippen molar-refractivity contribution >= 4 is 5.91 Å². The van der Waals surface area contributed by atoms with Gasteiger partial charge in [0.25, 0.3) is 0 Å². The number of benzene rings is 1. The van der Waals surface area contributed by atoms with Gasteiger partial charge in [0.15, 0.2) is 0 Å². The molecule has 3 aliphatic rings. The number of aryl methyl sites for hydroxylation is 1. The molecule has 6 nitrogen and oxygen atoms in total. The highest BCUT2D eigenvalue weighted by molar-refractivity contribution is 5.80. The number of ether oxygens (including phenoxy) is 2. The van der Waals surface area contributed by atoms with Gasteiger partial charge in [-0.2, -0.15) is 4.98 Å². The van der Waals surface area contributed by atoms with Crippen LogP contribution in [0.3, 0.4) is 0 Å². The topological polar surface area (TPSA) is 64.5 Å². The number of para-hydroxylation sites is 1. The van der Waals surface area contributed by atoms with Gasteiger partial charge in [0.2, 0.25) is 11.8 Å². The number of hydrogen-bond donors (Lipinski definition) is 0. The second-order valence-corrected chi connectivity index (χ2v) is 8.09. The number of aromatic nitrogens is 2. The smallest absolute Gasteiger partial charge is 0.226 e. The minimum Gasteiger partial charge on any atom is -0.493 e. The van der Waals surface area contributed by atoms with Crippen LogP contribution in [0.1, 0.15) is 36.7 Å². The molecule has 1 aromatic heterocycles. The second-order valence-electron chi connectivity index (χ2n) is 8.09. The van der Waals surface area contributed by atoms with E-state index in [1.807, 2.05) is 25.1 Å². The third kappa shape index (κ3) is 3.01. The third-order valence-electron chi connectivity index (χ3n) is 6.38. The van der Waals surface area contributed by atoms with Crippen molar-refractivity contribution in [3.8, 4) is 11.6 Å². The fourth-order valence-electron chi connectivity index (χ4n) is 4.66. The van der Waals surface area contributed by atoms with E-state index in [0.29, 0.717) is 37.4 Å². The Kier molecular flexibility index (Phi) is 4.41. The van der Waals surface area contributed by atoms with Crippen molar-refractivity contribution in [1.29, 1.82) is 0 Å². The summed E-state index contributed by atoms with van der Waals surface area (Å²) in [4.78, 5) is 23.7. The molecule has 146 valence electrons. The maximum atomic E-state index is 13.2. The summed E-state index contributed by atoms with van der Waals surface area (Å²) in [6, 6.07) is 9.99. The minimum absolute atomic E-state index is 0.0822. The van der Waals surface area contributed by atoms with Gasteiger partial charge in [0.05, 0.1) is 19.3 Å². The summed E-state index contributed by atoms with van der Waals surface area (Å²) in [5, 5.41) is 0. The van der Waals surface area contributed by atoms with E-state index < -0.39 is 0 Å². The molecule has 1 saturated carbocycles. The molecule has 0 unspecified atom stereocenters. The molecule has 0 N–H and O–H groups in total. The van der Waals surface area contributed by atoms with Crippen LogP contribution in [-0.4, -0.2) is 40.5 Å². The van der Waals surface area contributed by atoms with E-state index in [0.717, 1.165) is 30.6 Å². The van der Waals surface area contributed by atoms with Crippen molar-refractivity contribution in [2.75, 3.05) is 19.8 Å². The number of likely N-dealkylation sites (tertiary alicyclic amines) is 1.